The maximum absolute atomic E-state index is 13.3. The van der Waals surface area contributed by atoms with E-state index in [-0.39, 0.29) is 11.2 Å². The summed E-state index contributed by atoms with van der Waals surface area (Å²) >= 11 is 0. The number of anilines is 4. The van der Waals surface area contributed by atoms with Crippen LogP contribution in [0.5, 0.6) is 0 Å². The zero-order chi connectivity index (χ0) is 33.2. The van der Waals surface area contributed by atoms with Gasteiger partial charge in [-0.1, -0.05) is 6.07 Å². The lowest BCUT2D eigenvalue weighted by atomic mass is 10.2. The van der Waals surface area contributed by atoms with Crippen LogP contribution in [-0.4, -0.2) is 76.1 Å². The number of carbonyl (C=O) groups excluding carboxylic acids is 2. The number of pyridine rings is 1. The van der Waals surface area contributed by atoms with Gasteiger partial charge in [-0.3, -0.25) is 9.36 Å². The Morgan fingerprint density at radius 2 is 1.46 bits per heavy atom. The molecule has 46 heavy (non-hydrogen) atoms. The summed E-state index contributed by atoms with van der Waals surface area (Å²) in [7, 11) is 2.13. The summed E-state index contributed by atoms with van der Waals surface area (Å²) in [5, 5.41) is 3.86. The van der Waals surface area contributed by atoms with Crippen molar-refractivity contribution in [2.75, 3.05) is 48.3 Å². The van der Waals surface area contributed by atoms with E-state index in [4.69, 9.17) is 14.5 Å². The smallest absolute Gasteiger partial charge is 0.424 e. The van der Waals surface area contributed by atoms with E-state index in [0.29, 0.717) is 22.7 Å². The van der Waals surface area contributed by atoms with Gasteiger partial charge in [0.15, 0.2) is 5.65 Å². The van der Waals surface area contributed by atoms with Gasteiger partial charge in [0.05, 0.1) is 11.4 Å². The first kappa shape index (κ1) is 32.4. The third-order valence-corrected chi connectivity index (χ3v) is 7.12. The van der Waals surface area contributed by atoms with Crippen LogP contribution in [0.25, 0.3) is 16.7 Å². The monoisotopic (exact) mass is 627 g/mol. The third kappa shape index (κ3) is 7.81. The van der Waals surface area contributed by atoms with Crippen molar-refractivity contribution >= 4 is 46.2 Å². The minimum absolute atomic E-state index is 0.165. The Balaban J connectivity index is 1.48. The summed E-state index contributed by atoms with van der Waals surface area (Å²) in [6.07, 6.45) is -0.176. The van der Waals surface area contributed by atoms with E-state index in [2.05, 4.69) is 39.3 Å². The summed E-state index contributed by atoms with van der Waals surface area (Å²) in [5.41, 5.74) is 0.751. The molecule has 2 aromatic carbocycles. The fourth-order valence-electron chi connectivity index (χ4n) is 4.95. The quantitative estimate of drug-likeness (QED) is 0.284. The van der Waals surface area contributed by atoms with Crippen LogP contribution in [0.4, 0.5) is 32.6 Å². The molecular formula is C34H41N7O5. The topological polar surface area (TPSA) is 122 Å². The van der Waals surface area contributed by atoms with Crippen LogP contribution in [0.3, 0.4) is 0 Å². The first-order valence-electron chi connectivity index (χ1n) is 15.2. The molecule has 1 fully saturated rings. The summed E-state index contributed by atoms with van der Waals surface area (Å²) in [6, 6.07) is 17.6. The van der Waals surface area contributed by atoms with Gasteiger partial charge in [0, 0.05) is 55.2 Å². The molecule has 1 N–H and O–H groups in total. The molecule has 0 spiro atoms. The molecule has 5 rings (SSSR count). The van der Waals surface area contributed by atoms with Gasteiger partial charge >= 0.3 is 12.2 Å². The Kier molecular flexibility index (Phi) is 9.02. The number of hydrogen-bond acceptors (Lipinski definition) is 10. The predicted octanol–water partition coefficient (Wildman–Crippen LogP) is 5.95. The molecule has 0 atom stereocenters. The SMILES string of the molecule is CN1CCN(c2ccc(Nc3ncc4ccc(=O)n(-c5cccc(N(C(=O)OC(C)(C)C)C(=O)OC(C)(C)C)c5)c4n3)cc2)CC1. The summed E-state index contributed by atoms with van der Waals surface area (Å²) in [6.45, 7) is 14.2. The Morgan fingerprint density at radius 3 is 2.07 bits per heavy atom. The molecule has 0 radical (unpaired) electrons. The molecule has 3 heterocycles. The summed E-state index contributed by atoms with van der Waals surface area (Å²) < 4.78 is 12.5. The van der Waals surface area contributed by atoms with Crippen molar-refractivity contribution in [1.29, 1.82) is 0 Å². The van der Waals surface area contributed by atoms with Gasteiger partial charge < -0.3 is 24.6 Å². The van der Waals surface area contributed by atoms with E-state index in [9.17, 15) is 14.4 Å². The molecule has 2 amide bonds. The molecule has 1 aliphatic heterocycles. The van der Waals surface area contributed by atoms with Gasteiger partial charge in [0.25, 0.3) is 5.56 Å². The normalized spacial score (nSPS) is 14.2. The van der Waals surface area contributed by atoms with Gasteiger partial charge in [-0.2, -0.15) is 9.88 Å². The van der Waals surface area contributed by atoms with Crippen LogP contribution in [0, 0.1) is 0 Å². The van der Waals surface area contributed by atoms with E-state index in [1.165, 1.54) is 10.6 Å². The second-order valence-electron chi connectivity index (χ2n) is 13.3. The highest BCUT2D eigenvalue weighted by atomic mass is 16.6. The molecule has 0 bridgehead atoms. The van der Waals surface area contributed by atoms with Crippen LogP contribution in [0.1, 0.15) is 41.5 Å². The lowest BCUT2D eigenvalue weighted by molar-refractivity contribution is 0.0430. The van der Waals surface area contributed by atoms with Crippen molar-refractivity contribution in [3.05, 3.63) is 77.2 Å². The Bertz CT molecular complexity index is 1760. The molecule has 2 aromatic heterocycles. The molecular weight excluding hydrogens is 586 g/mol. The highest BCUT2D eigenvalue weighted by Crippen LogP contribution is 2.26. The van der Waals surface area contributed by atoms with Crippen molar-refractivity contribution < 1.29 is 19.1 Å². The fraction of sp³-hybridized carbons (Fsp3) is 0.382. The van der Waals surface area contributed by atoms with E-state index >= 15 is 0 Å². The molecule has 0 unspecified atom stereocenters. The highest BCUT2D eigenvalue weighted by molar-refractivity contribution is 6.09. The molecule has 4 aromatic rings. The van der Waals surface area contributed by atoms with E-state index in [1.807, 2.05) is 12.1 Å². The second-order valence-corrected chi connectivity index (χ2v) is 13.3. The van der Waals surface area contributed by atoms with Crippen LogP contribution < -0.4 is 20.7 Å². The zero-order valence-corrected chi connectivity index (χ0v) is 27.4. The van der Waals surface area contributed by atoms with Crippen molar-refractivity contribution in [1.82, 2.24) is 19.4 Å². The zero-order valence-electron chi connectivity index (χ0n) is 27.4. The lowest BCUT2D eigenvalue weighted by Gasteiger charge is -2.34. The Labute approximate surface area is 268 Å². The number of benzene rings is 2. The van der Waals surface area contributed by atoms with Crippen LogP contribution in [-0.2, 0) is 9.47 Å². The molecule has 242 valence electrons. The maximum Gasteiger partial charge on any atom is 0.424 e. The van der Waals surface area contributed by atoms with E-state index in [1.54, 1.807) is 78.1 Å². The molecule has 12 nitrogen and oxygen atoms in total. The molecule has 1 saturated heterocycles. The second kappa shape index (κ2) is 12.8. The van der Waals surface area contributed by atoms with Gasteiger partial charge in [0.1, 0.15) is 11.2 Å². The number of amides is 2. The van der Waals surface area contributed by atoms with Gasteiger partial charge in [-0.05, 0) is 97.1 Å². The fourth-order valence-corrected chi connectivity index (χ4v) is 4.95. The average molecular weight is 628 g/mol. The van der Waals surface area contributed by atoms with E-state index in [0.717, 1.165) is 42.5 Å². The number of piperazine rings is 1. The van der Waals surface area contributed by atoms with Crippen molar-refractivity contribution in [2.24, 2.45) is 0 Å². The molecule has 1 aliphatic rings. The molecule has 0 saturated carbocycles. The Morgan fingerprint density at radius 1 is 0.826 bits per heavy atom. The Hall–Kier alpha value is -4.97. The lowest BCUT2D eigenvalue weighted by Crippen LogP contribution is -2.44. The first-order chi connectivity index (χ1) is 21.7. The third-order valence-electron chi connectivity index (χ3n) is 7.12. The number of carbonyl (C=O) groups is 2. The number of aromatic nitrogens is 3. The van der Waals surface area contributed by atoms with Crippen molar-refractivity contribution in [3.63, 3.8) is 0 Å². The number of ether oxygens (including phenoxy) is 2. The first-order valence-corrected chi connectivity index (χ1v) is 15.2. The summed E-state index contributed by atoms with van der Waals surface area (Å²) in [4.78, 5) is 54.5. The van der Waals surface area contributed by atoms with Crippen LogP contribution in [0.2, 0.25) is 0 Å². The van der Waals surface area contributed by atoms with Crippen molar-refractivity contribution in [2.45, 2.75) is 52.7 Å². The summed E-state index contributed by atoms with van der Waals surface area (Å²) in [5.74, 6) is 0.305. The number of imide groups is 1. The highest BCUT2D eigenvalue weighted by Gasteiger charge is 2.33. The van der Waals surface area contributed by atoms with Crippen LogP contribution in [0.15, 0.2) is 71.7 Å². The molecule has 12 heteroatoms. The van der Waals surface area contributed by atoms with Crippen LogP contribution >= 0.6 is 0 Å². The van der Waals surface area contributed by atoms with E-state index < -0.39 is 23.4 Å². The number of likely N-dealkylation sites (N-methyl/N-ethyl adjacent to an activating group) is 1. The van der Waals surface area contributed by atoms with Gasteiger partial charge in [-0.25, -0.2) is 14.6 Å². The predicted molar refractivity (Wildman–Crippen MR) is 180 cm³/mol. The van der Waals surface area contributed by atoms with Gasteiger partial charge in [-0.15, -0.1) is 0 Å². The minimum Gasteiger partial charge on any atom is -0.443 e. The minimum atomic E-state index is -0.906. The van der Waals surface area contributed by atoms with Crippen molar-refractivity contribution in [3.8, 4) is 5.69 Å². The number of nitrogens with zero attached hydrogens (tertiary/aromatic N) is 6. The maximum atomic E-state index is 13.3. The molecule has 0 aliphatic carbocycles. The largest absolute Gasteiger partial charge is 0.443 e. The number of fused-ring (bicyclic) bond motifs is 1. The number of hydrogen-bond donors (Lipinski definition) is 1. The van der Waals surface area contributed by atoms with Gasteiger partial charge in [0.2, 0.25) is 5.95 Å². The number of nitrogens with one attached hydrogen (secondary N) is 1. The number of rotatable bonds is 5. The average Bonchev–Trinajstić information content (AvgIpc) is 2.96. The standard InChI is InChI=1S/C34H41N7O5/c1-33(2,3)45-31(43)41(32(44)46-34(4,5)6)27-10-8-9-26(21-27)40-28(42)16-11-23-22-35-30(37-29(23)40)36-24-12-14-25(15-13-24)39-19-17-38(7)18-20-39/h8-16,21-22H,17-20H2,1-7H3,(H,35,36,37).